The van der Waals surface area contributed by atoms with E-state index in [0.717, 1.165) is 0 Å². The number of amides is 1. The van der Waals surface area contributed by atoms with Gasteiger partial charge in [-0.3, -0.25) is 14.6 Å². The monoisotopic (exact) mass is 474 g/mol. The molecule has 1 amide bonds. The van der Waals surface area contributed by atoms with Crippen molar-refractivity contribution in [1.82, 2.24) is 9.88 Å². The fourth-order valence-corrected chi connectivity index (χ4v) is 4.09. The summed E-state index contributed by atoms with van der Waals surface area (Å²) in [6, 6.07) is 15.5. The van der Waals surface area contributed by atoms with E-state index in [1.807, 2.05) is 6.92 Å². The first-order valence-corrected chi connectivity index (χ1v) is 11.3. The Labute approximate surface area is 203 Å². The van der Waals surface area contributed by atoms with E-state index < -0.39 is 17.7 Å². The molecule has 1 aliphatic rings. The van der Waals surface area contributed by atoms with Crippen LogP contribution in [-0.2, 0) is 16.1 Å². The van der Waals surface area contributed by atoms with Crippen molar-refractivity contribution in [3.8, 4) is 17.2 Å². The highest BCUT2D eigenvalue weighted by molar-refractivity contribution is 6.46. The number of carbonyl (C=O) groups excluding carboxylic acids is 2. The molecule has 3 aromatic rings. The lowest BCUT2D eigenvalue weighted by Crippen LogP contribution is -2.29. The van der Waals surface area contributed by atoms with Gasteiger partial charge < -0.3 is 24.6 Å². The summed E-state index contributed by atoms with van der Waals surface area (Å²) in [6.07, 6.45) is 1.61. The van der Waals surface area contributed by atoms with Crippen LogP contribution >= 0.6 is 0 Å². The van der Waals surface area contributed by atoms with Gasteiger partial charge in [0, 0.05) is 12.3 Å². The van der Waals surface area contributed by atoms with Gasteiger partial charge in [-0.25, -0.2) is 0 Å². The SMILES string of the molecule is CCOc1ccc(/C(O)=C2/C(=O)C(=O)N(Cc3ccccn3)C2c2ccc(O)cc2)c(OCC)c1. The zero-order valence-corrected chi connectivity index (χ0v) is 19.5. The Kier molecular flexibility index (Phi) is 7.01. The van der Waals surface area contributed by atoms with Crippen LogP contribution < -0.4 is 9.47 Å². The molecule has 2 N–H and O–H groups in total. The molecule has 35 heavy (non-hydrogen) atoms. The van der Waals surface area contributed by atoms with Crippen molar-refractivity contribution in [1.29, 1.82) is 0 Å². The summed E-state index contributed by atoms with van der Waals surface area (Å²) in [6.45, 7) is 4.51. The van der Waals surface area contributed by atoms with Crippen LogP contribution in [0.2, 0.25) is 0 Å². The quantitative estimate of drug-likeness (QED) is 0.286. The van der Waals surface area contributed by atoms with Gasteiger partial charge in [0.2, 0.25) is 0 Å². The Morgan fingerprint density at radius 1 is 1.00 bits per heavy atom. The minimum Gasteiger partial charge on any atom is -0.508 e. The minimum absolute atomic E-state index is 0.0422. The average Bonchev–Trinajstić information content (AvgIpc) is 3.10. The van der Waals surface area contributed by atoms with Gasteiger partial charge in [-0.2, -0.15) is 0 Å². The van der Waals surface area contributed by atoms with E-state index in [2.05, 4.69) is 4.98 Å². The normalized spacial score (nSPS) is 17.0. The van der Waals surface area contributed by atoms with E-state index in [0.29, 0.717) is 36.0 Å². The summed E-state index contributed by atoms with van der Waals surface area (Å²) >= 11 is 0. The molecule has 1 aromatic heterocycles. The molecule has 2 aromatic carbocycles. The van der Waals surface area contributed by atoms with Crippen molar-refractivity contribution in [3.05, 3.63) is 89.3 Å². The largest absolute Gasteiger partial charge is 0.508 e. The fraction of sp³-hybridized carbons (Fsp3) is 0.222. The first-order chi connectivity index (χ1) is 16.9. The van der Waals surface area contributed by atoms with Crippen LogP contribution in [0.25, 0.3) is 5.76 Å². The van der Waals surface area contributed by atoms with Gasteiger partial charge in [-0.15, -0.1) is 0 Å². The summed E-state index contributed by atoms with van der Waals surface area (Å²) in [5, 5.41) is 21.2. The molecule has 1 unspecified atom stereocenters. The van der Waals surface area contributed by atoms with Crippen LogP contribution in [0, 0.1) is 0 Å². The van der Waals surface area contributed by atoms with E-state index in [-0.39, 0.29) is 29.2 Å². The van der Waals surface area contributed by atoms with Crippen molar-refractivity contribution < 1.29 is 29.3 Å². The lowest BCUT2D eigenvalue weighted by Gasteiger charge is -2.25. The smallest absolute Gasteiger partial charge is 0.296 e. The fourth-order valence-electron chi connectivity index (χ4n) is 4.09. The maximum absolute atomic E-state index is 13.3. The van der Waals surface area contributed by atoms with Crippen molar-refractivity contribution in [2.75, 3.05) is 13.2 Å². The molecule has 1 aliphatic heterocycles. The highest BCUT2D eigenvalue weighted by Crippen LogP contribution is 2.42. The molecular weight excluding hydrogens is 448 g/mol. The molecule has 8 nitrogen and oxygen atoms in total. The topological polar surface area (TPSA) is 109 Å². The number of hydrogen-bond donors (Lipinski definition) is 2. The van der Waals surface area contributed by atoms with Crippen LogP contribution in [0.4, 0.5) is 0 Å². The number of likely N-dealkylation sites (tertiary alicyclic amines) is 1. The van der Waals surface area contributed by atoms with E-state index >= 15 is 0 Å². The second-order valence-corrected chi connectivity index (χ2v) is 7.86. The van der Waals surface area contributed by atoms with Gasteiger partial charge in [0.05, 0.1) is 42.6 Å². The third-order valence-electron chi connectivity index (χ3n) is 5.63. The van der Waals surface area contributed by atoms with Gasteiger partial charge in [-0.1, -0.05) is 18.2 Å². The summed E-state index contributed by atoms with van der Waals surface area (Å²) < 4.78 is 11.3. The van der Waals surface area contributed by atoms with E-state index in [1.165, 1.54) is 17.0 Å². The number of aliphatic hydroxyl groups excluding tert-OH is 1. The number of phenolic OH excluding ortho intramolecular Hbond substituents is 1. The number of ketones is 1. The Hall–Kier alpha value is -4.33. The number of carbonyl (C=O) groups is 2. The predicted molar refractivity (Wildman–Crippen MR) is 129 cm³/mol. The second-order valence-electron chi connectivity index (χ2n) is 7.86. The number of aromatic hydroxyl groups is 1. The number of nitrogens with zero attached hydrogens (tertiary/aromatic N) is 2. The summed E-state index contributed by atoms with van der Waals surface area (Å²) in [7, 11) is 0. The highest BCUT2D eigenvalue weighted by Gasteiger charge is 2.46. The van der Waals surface area contributed by atoms with E-state index in [9.17, 15) is 19.8 Å². The molecule has 1 saturated heterocycles. The standard InChI is InChI=1S/C27H26N2O6/c1-3-34-20-12-13-21(22(15-20)35-4-2)25(31)23-24(17-8-10-19(30)11-9-17)29(27(33)26(23)32)16-18-7-5-6-14-28-18/h5-15,24,30-31H,3-4,16H2,1-2H3/b25-23-. The molecule has 0 saturated carbocycles. The first kappa shape index (κ1) is 23.8. The van der Waals surface area contributed by atoms with Crippen LogP contribution in [0.1, 0.15) is 36.7 Å². The lowest BCUT2D eigenvalue weighted by molar-refractivity contribution is -0.140. The number of phenols is 1. The number of Topliss-reactive ketones (excluding diaryl/α,β-unsaturated/α-hetero) is 1. The predicted octanol–water partition coefficient (Wildman–Crippen LogP) is 4.21. The number of rotatable bonds is 8. The van der Waals surface area contributed by atoms with Gasteiger partial charge in [-0.05, 0) is 55.8 Å². The Morgan fingerprint density at radius 3 is 2.40 bits per heavy atom. The zero-order valence-electron chi connectivity index (χ0n) is 19.5. The van der Waals surface area contributed by atoms with Crippen LogP contribution in [0.3, 0.4) is 0 Å². The molecule has 180 valence electrons. The number of aliphatic hydroxyl groups is 1. The third-order valence-corrected chi connectivity index (χ3v) is 5.63. The average molecular weight is 475 g/mol. The number of pyridine rings is 1. The van der Waals surface area contributed by atoms with Crippen LogP contribution in [0.5, 0.6) is 17.2 Å². The van der Waals surface area contributed by atoms with Crippen molar-refractivity contribution in [2.24, 2.45) is 0 Å². The number of ether oxygens (including phenoxy) is 2. The molecule has 8 heteroatoms. The molecular formula is C27H26N2O6. The minimum atomic E-state index is -0.890. The first-order valence-electron chi connectivity index (χ1n) is 11.3. The summed E-state index contributed by atoms with van der Waals surface area (Å²) in [5.41, 5.74) is 1.36. The van der Waals surface area contributed by atoms with Crippen LogP contribution in [0.15, 0.2) is 72.4 Å². The van der Waals surface area contributed by atoms with Crippen molar-refractivity contribution in [2.45, 2.75) is 26.4 Å². The molecule has 1 atom stereocenters. The van der Waals surface area contributed by atoms with E-state index in [1.54, 1.807) is 61.7 Å². The molecule has 2 heterocycles. The number of aromatic nitrogens is 1. The Balaban J connectivity index is 1.87. The maximum Gasteiger partial charge on any atom is 0.296 e. The van der Waals surface area contributed by atoms with Gasteiger partial charge in [0.25, 0.3) is 11.7 Å². The Morgan fingerprint density at radius 2 is 1.74 bits per heavy atom. The van der Waals surface area contributed by atoms with Crippen LogP contribution in [-0.4, -0.2) is 45.0 Å². The Bertz CT molecular complexity index is 1250. The van der Waals surface area contributed by atoms with Crippen molar-refractivity contribution in [3.63, 3.8) is 0 Å². The summed E-state index contributed by atoms with van der Waals surface area (Å²) in [5.74, 6) is -0.987. The van der Waals surface area contributed by atoms with E-state index in [4.69, 9.17) is 9.47 Å². The highest BCUT2D eigenvalue weighted by atomic mass is 16.5. The molecule has 0 spiro atoms. The summed E-state index contributed by atoms with van der Waals surface area (Å²) in [4.78, 5) is 32.1. The third kappa shape index (κ3) is 4.82. The maximum atomic E-state index is 13.3. The molecule has 0 radical (unpaired) electrons. The number of hydrogen-bond acceptors (Lipinski definition) is 7. The zero-order chi connectivity index (χ0) is 24.9. The molecule has 0 aliphatic carbocycles. The van der Waals surface area contributed by atoms with Crippen molar-refractivity contribution >= 4 is 17.4 Å². The van der Waals surface area contributed by atoms with Gasteiger partial charge >= 0.3 is 0 Å². The lowest BCUT2D eigenvalue weighted by atomic mass is 9.95. The second kappa shape index (κ2) is 10.3. The molecule has 1 fully saturated rings. The molecule has 0 bridgehead atoms. The molecule has 4 rings (SSSR count). The van der Waals surface area contributed by atoms with Gasteiger partial charge in [0.15, 0.2) is 0 Å². The van der Waals surface area contributed by atoms with Gasteiger partial charge in [0.1, 0.15) is 23.0 Å². The number of benzene rings is 2.